The second-order valence-electron chi connectivity index (χ2n) is 9.78. The Morgan fingerprint density at radius 3 is 2.32 bits per heavy atom. The third-order valence-electron chi connectivity index (χ3n) is 6.58. The molecule has 2 amide bonds. The lowest BCUT2D eigenvalue weighted by Crippen LogP contribution is -2.50. The zero-order valence-corrected chi connectivity index (χ0v) is 26.2. The molecule has 1 N–H and O–H groups in total. The van der Waals surface area contributed by atoms with Crippen LogP contribution in [0.4, 0.5) is 5.69 Å². The van der Waals surface area contributed by atoms with E-state index in [2.05, 4.69) is 21.2 Å². The van der Waals surface area contributed by atoms with Crippen LogP contribution in [0, 0.1) is 0 Å². The van der Waals surface area contributed by atoms with Gasteiger partial charge in [0.15, 0.2) is 0 Å². The fraction of sp³-hybridized carbons (Fsp3) is 0.355. The van der Waals surface area contributed by atoms with Crippen molar-refractivity contribution in [2.24, 2.45) is 0 Å². The number of carbonyl (C=O) groups excluding carboxylic acids is 2. The summed E-state index contributed by atoms with van der Waals surface area (Å²) in [7, 11) is -2.09. The number of carbonyl (C=O) groups is 2. The monoisotopic (exact) mass is 643 g/mol. The molecule has 0 unspecified atom stereocenters. The van der Waals surface area contributed by atoms with Gasteiger partial charge in [-0.3, -0.25) is 13.9 Å². The van der Waals surface area contributed by atoms with E-state index in [0.29, 0.717) is 24.4 Å². The Morgan fingerprint density at radius 2 is 1.68 bits per heavy atom. The summed E-state index contributed by atoms with van der Waals surface area (Å²) >= 11 is 3.45. The predicted octanol–water partition coefficient (Wildman–Crippen LogP) is 5.17. The Kier molecular flexibility index (Phi) is 12.2. The van der Waals surface area contributed by atoms with Crippen LogP contribution < -0.4 is 14.4 Å². The molecule has 8 nitrogen and oxygen atoms in total. The molecule has 0 saturated carbocycles. The molecule has 3 rings (SSSR count). The van der Waals surface area contributed by atoms with Crippen LogP contribution in [0.25, 0.3) is 0 Å². The standard InChI is InChI=1S/C31H38BrN3O5S/c1-4-19-33-31(37)29(21-24-10-6-5-7-11-24)34(23-25-15-17-26(32)18-16-25)30(36)14-9-20-35(41(3,38)39)27-12-8-13-28(22-27)40-2/h5-8,10-13,15-18,22,29H,4,9,14,19-21,23H2,1-3H3,(H,33,37)/t29-/m1/s1. The summed E-state index contributed by atoms with van der Waals surface area (Å²) in [5.41, 5.74) is 2.29. The second kappa shape index (κ2) is 15.6. The summed E-state index contributed by atoms with van der Waals surface area (Å²) in [6.07, 6.45) is 2.61. The minimum Gasteiger partial charge on any atom is -0.497 e. The van der Waals surface area contributed by atoms with E-state index in [4.69, 9.17) is 4.74 Å². The van der Waals surface area contributed by atoms with Crippen LogP contribution in [0.1, 0.15) is 37.3 Å². The van der Waals surface area contributed by atoms with E-state index in [1.165, 1.54) is 11.4 Å². The number of hydrogen-bond donors (Lipinski definition) is 1. The first-order valence-corrected chi connectivity index (χ1v) is 16.2. The largest absolute Gasteiger partial charge is 0.497 e. The first kappa shape index (κ1) is 32.1. The van der Waals surface area contributed by atoms with Crippen LogP contribution in [0.3, 0.4) is 0 Å². The molecule has 0 heterocycles. The minimum absolute atomic E-state index is 0.0683. The van der Waals surface area contributed by atoms with E-state index in [1.807, 2.05) is 61.5 Å². The lowest BCUT2D eigenvalue weighted by molar-refractivity contribution is -0.141. The molecule has 220 valence electrons. The van der Waals surface area contributed by atoms with Crippen LogP contribution in [-0.2, 0) is 32.6 Å². The van der Waals surface area contributed by atoms with Crippen LogP contribution in [0.15, 0.2) is 83.3 Å². The number of anilines is 1. The highest BCUT2D eigenvalue weighted by Gasteiger charge is 2.30. The highest BCUT2D eigenvalue weighted by Crippen LogP contribution is 2.24. The molecule has 0 spiro atoms. The summed E-state index contributed by atoms with van der Waals surface area (Å²) in [5.74, 6) is 0.102. The average Bonchev–Trinajstić information content (AvgIpc) is 2.96. The number of nitrogens with zero attached hydrogens (tertiary/aromatic N) is 2. The fourth-order valence-corrected chi connectivity index (χ4v) is 5.70. The number of hydrogen-bond acceptors (Lipinski definition) is 5. The molecule has 0 aliphatic heterocycles. The maximum atomic E-state index is 13.8. The van der Waals surface area contributed by atoms with Gasteiger partial charge >= 0.3 is 0 Å². The zero-order chi connectivity index (χ0) is 29.8. The number of nitrogens with one attached hydrogen (secondary N) is 1. The van der Waals surface area contributed by atoms with Gasteiger partial charge in [0, 0.05) is 43.0 Å². The Morgan fingerprint density at radius 1 is 0.976 bits per heavy atom. The van der Waals surface area contributed by atoms with Crippen molar-refractivity contribution in [1.29, 1.82) is 0 Å². The Bertz CT molecular complexity index is 1380. The number of methoxy groups -OCH3 is 1. The van der Waals surface area contributed by atoms with Crippen molar-refractivity contribution in [3.63, 3.8) is 0 Å². The van der Waals surface area contributed by atoms with Gasteiger partial charge in [-0.15, -0.1) is 0 Å². The summed E-state index contributed by atoms with van der Waals surface area (Å²) in [5, 5.41) is 2.97. The average molecular weight is 645 g/mol. The second-order valence-corrected chi connectivity index (χ2v) is 12.6. The van der Waals surface area contributed by atoms with Gasteiger partial charge in [0.25, 0.3) is 0 Å². The molecule has 3 aromatic carbocycles. The summed E-state index contributed by atoms with van der Waals surface area (Å²) in [6.45, 7) is 2.84. The lowest BCUT2D eigenvalue weighted by atomic mass is 10.0. The van der Waals surface area contributed by atoms with E-state index < -0.39 is 16.1 Å². The minimum atomic E-state index is -3.61. The van der Waals surface area contributed by atoms with Crippen molar-refractivity contribution in [2.45, 2.75) is 45.2 Å². The first-order chi connectivity index (χ1) is 19.6. The van der Waals surface area contributed by atoms with Gasteiger partial charge in [-0.05, 0) is 48.2 Å². The number of rotatable bonds is 15. The van der Waals surface area contributed by atoms with Gasteiger partial charge in [-0.25, -0.2) is 8.42 Å². The quantitative estimate of drug-likeness (QED) is 0.247. The highest BCUT2D eigenvalue weighted by atomic mass is 79.9. The molecule has 41 heavy (non-hydrogen) atoms. The van der Waals surface area contributed by atoms with Gasteiger partial charge < -0.3 is 15.0 Å². The maximum absolute atomic E-state index is 13.8. The van der Waals surface area contributed by atoms with Crippen molar-refractivity contribution >= 4 is 43.5 Å². The van der Waals surface area contributed by atoms with Crippen LogP contribution in [0.5, 0.6) is 5.75 Å². The summed E-state index contributed by atoms with van der Waals surface area (Å²) in [6, 6.07) is 23.3. The molecular weight excluding hydrogens is 606 g/mol. The van der Waals surface area contributed by atoms with E-state index >= 15 is 0 Å². The number of sulfonamides is 1. The van der Waals surface area contributed by atoms with Crippen molar-refractivity contribution in [3.05, 3.63) is 94.5 Å². The van der Waals surface area contributed by atoms with E-state index in [0.717, 1.165) is 28.3 Å². The Labute approximate surface area is 251 Å². The van der Waals surface area contributed by atoms with Gasteiger partial charge in [0.05, 0.1) is 19.1 Å². The first-order valence-electron chi connectivity index (χ1n) is 13.6. The van der Waals surface area contributed by atoms with Crippen molar-refractivity contribution in [1.82, 2.24) is 10.2 Å². The molecule has 10 heteroatoms. The predicted molar refractivity (Wildman–Crippen MR) is 166 cm³/mol. The topological polar surface area (TPSA) is 96.0 Å². The van der Waals surface area contributed by atoms with Gasteiger partial charge in [-0.2, -0.15) is 0 Å². The zero-order valence-electron chi connectivity index (χ0n) is 23.8. The number of ether oxygens (including phenoxy) is 1. The fourth-order valence-electron chi connectivity index (χ4n) is 4.48. The third kappa shape index (κ3) is 9.89. The molecule has 0 aromatic heterocycles. The lowest BCUT2D eigenvalue weighted by Gasteiger charge is -2.32. The van der Waals surface area contributed by atoms with E-state index in [1.54, 1.807) is 29.2 Å². The molecule has 0 bridgehead atoms. The van der Waals surface area contributed by atoms with Gasteiger partial charge in [-0.1, -0.05) is 71.4 Å². The van der Waals surface area contributed by atoms with E-state index in [9.17, 15) is 18.0 Å². The number of benzene rings is 3. The number of amides is 2. The van der Waals surface area contributed by atoms with Crippen molar-refractivity contribution in [2.75, 3.05) is 30.8 Å². The molecule has 0 fully saturated rings. The molecule has 0 aliphatic rings. The summed E-state index contributed by atoms with van der Waals surface area (Å²) in [4.78, 5) is 28.9. The smallest absolute Gasteiger partial charge is 0.243 e. The third-order valence-corrected chi connectivity index (χ3v) is 8.30. The number of halogens is 1. The molecule has 0 radical (unpaired) electrons. The van der Waals surface area contributed by atoms with Gasteiger partial charge in [0.2, 0.25) is 21.8 Å². The Hall–Kier alpha value is -3.37. The van der Waals surface area contributed by atoms with Gasteiger partial charge in [0.1, 0.15) is 11.8 Å². The Balaban J connectivity index is 1.86. The van der Waals surface area contributed by atoms with Crippen LogP contribution in [-0.4, -0.2) is 57.6 Å². The maximum Gasteiger partial charge on any atom is 0.243 e. The normalized spacial score (nSPS) is 11.9. The van der Waals surface area contributed by atoms with Crippen LogP contribution in [0.2, 0.25) is 0 Å². The molecular formula is C31H38BrN3O5S. The highest BCUT2D eigenvalue weighted by molar-refractivity contribution is 9.10. The summed E-state index contributed by atoms with van der Waals surface area (Å²) < 4.78 is 32.7. The van der Waals surface area contributed by atoms with Crippen molar-refractivity contribution < 1.29 is 22.7 Å². The molecule has 0 aliphatic carbocycles. The SMILES string of the molecule is CCCNC(=O)[C@@H](Cc1ccccc1)N(Cc1ccc(Br)cc1)C(=O)CCCN(c1cccc(OC)c1)S(C)(=O)=O. The van der Waals surface area contributed by atoms with E-state index in [-0.39, 0.29) is 37.7 Å². The molecule has 0 saturated heterocycles. The molecule has 1 atom stereocenters. The van der Waals surface area contributed by atoms with Crippen LogP contribution >= 0.6 is 15.9 Å². The van der Waals surface area contributed by atoms with Crippen molar-refractivity contribution in [3.8, 4) is 5.75 Å². The molecule has 3 aromatic rings.